The van der Waals surface area contributed by atoms with Crippen molar-refractivity contribution in [2.24, 2.45) is 0 Å². The van der Waals surface area contributed by atoms with E-state index in [2.05, 4.69) is 16.7 Å². The third kappa shape index (κ3) is 3.73. The average molecular weight is 282 g/mol. The van der Waals surface area contributed by atoms with Gasteiger partial charge in [0.25, 0.3) is 0 Å². The van der Waals surface area contributed by atoms with Gasteiger partial charge in [-0.1, -0.05) is 6.92 Å². The molecule has 0 unspecified atom stereocenters. The Morgan fingerprint density at radius 2 is 1.75 bits per heavy atom. The standard InChI is InChI=1S/C16H30N2O2/c1-3-9-17-12-7-16(8-13-17,14-15(19)20-4-2)18-10-5-6-11-18/h3-14H2,1-2H3. The summed E-state index contributed by atoms with van der Waals surface area (Å²) < 4.78 is 5.22. The Hall–Kier alpha value is -0.610. The summed E-state index contributed by atoms with van der Waals surface area (Å²) in [5, 5.41) is 0. The van der Waals surface area contributed by atoms with Crippen LogP contribution in [0.2, 0.25) is 0 Å². The molecule has 0 aliphatic carbocycles. The monoisotopic (exact) mass is 282 g/mol. The van der Waals surface area contributed by atoms with Gasteiger partial charge in [0.05, 0.1) is 13.0 Å². The number of piperidine rings is 1. The maximum atomic E-state index is 12.0. The van der Waals surface area contributed by atoms with Crippen LogP contribution in [0.1, 0.15) is 52.4 Å². The number of nitrogens with zero attached hydrogens (tertiary/aromatic N) is 2. The van der Waals surface area contributed by atoms with E-state index < -0.39 is 0 Å². The second kappa shape index (κ2) is 7.41. The first-order valence-electron chi connectivity index (χ1n) is 8.33. The lowest BCUT2D eigenvalue weighted by molar-refractivity contribution is -0.147. The van der Waals surface area contributed by atoms with E-state index >= 15 is 0 Å². The zero-order valence-corrected chi connectivity index (χ0v) is 13.2. The number of ether oxygens (including phenoxy) is 1. The summed E-state index contributed by atoms with van der Waals surface area (Å²) in [5.41, 5.74) is 0.0764. The van der Waals surface area contributed by atoms with Gasteiger partial charge in [-0.3, -0.25) is 9.69 Å². The van der Waals surface area contributed by atoms with Gasteiger partial charge in [-0.25, -0.2) is 0 Å². The first-order valence-corrected chi connectivity index (χ1v) is 8.33. The quantitative estimate of drug-likeness (QED) is 0.700. The molecular weight excluding hydrogens is 252 g/mol. The molecule has 4 heteroatoms. The molecule has 0 amide bonds. The SMILES string of the molecule is CCCN1CCC(CC(=O)OCC)(N2CCCC2)CC1. The lowest BCUT2D eigenvalue weighted by atomic mass is 9.82. The zero-order chi connectivity index (χ0) is 14.4. The van der Waals surface area contributed by atoms with E-state index in [4.69, 9.17) is 4.74 Å². The molecule has 20 heavy (non-hydrogen) atoms. The lowest BCUT2D eigenvalue weighted by Gasteiger charge is -2.47. The third-order valence-electron chi connectivity index (χ3n) is 4.88. The normalized spacial score (nSPS) is 23.9. The maximum Gasteiger partial charge on any atom is 0.307 e. The van der Waals surface area contributed by atoms with Crippen LogP contribution >= 0.6 is 0 Å². The van der Waals surface area contributed by atoms with E-state index in [-0.39, 0.29) is 11.5 Å². The average Bonchev–Trinajstić information content (AvgIpc) is 2.96. The van der Waals surface area contributed by atoms with Crippen LogP contribution in [0.25, 0.3) is 0 Å². The molecule has 2 heterocycles. The fraction of sp³-hybridized carbons (Fsp3) is 0.938. The molecule has 0 bridgehead atoms. The van der Waals surface area contributed by atoms with E-state index in [0.717, 1.165) is 39.0 Å². The number of carbonyl (C=O) groups is 1. The Kier molecular flexibility index (Phi) is 5.85. The number of likely N-dealkylation sites (tertiary alicyclic amines) is 2. The van der Waals surface area contributed by atoms with Crippen molar-refractivity contribution >= 4 is 5.97 Å². The van der Waals surface area contributed by atoms with Gasteiger partial charge in [-0.15, -0.1) is 0 Å². The highest BCUT2D eigenvalue weighted by atomic mass is 16.5. The minimum Gasteiger partial charge on any atom is -0.466 e. The highest BCUT2D eigenvalue weighted by molar-refractivity contribution is 5.71. The maximum absolute atomic E-state index is 12.0. The van der Waals surface area contributed by atoms with Crippen molar-refractivity contribution in [3.8, 4) is 0 Å². The summed E-state index contributed by atoms with van der Waals surface area (Å²) in [4.78, 5) is 17.1. The van der Waals surface area contributed by atoms with Crippen molar-refractivity contribution in [2.45, 2.75) is 57.9 Å². The molecule has 2 saturated heterocycles. The molecule has 0 saturated carbocycles. The molecule has 4 nitrogen and oxygen atoms in total. The topological polar surface area (TPSA) is 32.8 Å². The van der Waals surface area contributed by atoms with Gasteiger partial charge in [0.15, 0.2) is 0 Å². The molecule has 2 rings (SSSR count). The highest BCUT2D eigenvalue weighted by Gasteiger charge is 2.42. The van der Waals surface area contributed by atoms with Crippen LogP contribution in [-0.2, 0) is 9.53 Å². The Bertz CT molecular complexity index is 306. The smallest absolute Gasteiger partial charge is 0.307 e. The zero-order valence-electron chi connectivity index (χ0n) is 13.2. The van der Waals surface area contributed by atoms with Gasteiger partial charge in [0.1, 0.15) is 0 Å². The predicted molar refractivity (Wildman–Crippen MR) is 80.8 cm³/mol. The largest absolute Gasteiger partial charge is 0.466 e. The van der Waals surface area contributed by atoms with Gasteiger partial charge in [0.2, 0.25) is 0 Å². The minimum atomic E-state index is -0.0108. The van der Waals surface area contributed by atoms with Gasteiger partial charge in [0, 0.05) is 5.54 Å². The van der Waals surface area contributed by atoms with Crippen LogP contribution in [-0.4, -0.2) is 60.6 Å². The summed E-state index contributed by atoms with van der Waals surface area (Å²) in [6, 6.07) is 0. The van der Waals surface area contributed by atoms with E-state index in [0.29, 0.717) is 13.0 Å². The molecule has 0 aromatic heterocycles. The summed E-state index contributed by atoms with van der Waals surface area (Å²) in [6.45, 7) is 10.4. The Labute approximate surface area is 123 Å². The molecule has 2 fully saturated rings. The van der Waals surface area contributed by atoms with E-state index in [9.17, 15) is 4.79 Å². The van der Waals surface area contributed by atoms with Crippen LogP contribution in [0.4, 0.5) is 0 Å². The third-order valence-corrected chi connectivity index (χ3v) is 4.88. The van der Waals surface area contributed by atoms with Gasteiger partial charge in [-0.05, 0) is 71.8 Å². The van der Waals surface area contributed by atoms with Crippen LogP contribution in [0.3, 0.4) is 0 Å². The molecule has 0 N–H and O–H groups in total. The molecule has 0 radical (unpaired) electrons. The lowest BCUT2D eigenvalue weighted by Crippen LogP contribution is -2.55. The Balaban J connectivity index is 2.00. The fourth-order valence-corrected chi connectivity index (χ4v) is 3.79. The van der Waals surface area contributed by atoms with Crippen molar-refractivity contribution < 1.29 is 9.53 Å². The highest BCUT2D eigenvalue weighted by Crippen LogP contribution is 2.35. The van der Waals surface area contributed by atoms with Crippen molar-refractivity contribution in [2.75, 3.05) is 39.3 Å². The van der Waals surface area contributed by atoms with Crippen molar-refractivity contribution in [1.29, 1.82) is 0 Å². The number of carbonyl (C=O) groups excluding carboxylic acids is 1. The fourth-order valence-electron chi connectivity index (χ4n) is 3.79. The first kappa shape index (κ1) is 15.8. The molecular formula is C16H30N2O2. The second-order valence-electron chi connectivity index (χ2n) is 6.24. The van der Waals surface area contributed by atoms with Crippen LogP contribution in [0.15, 0.2) is 0 Å². The van der Waals surface area contributed by atoms with E-state index in [1.807, 2.05) is 6.92 Å². The molecule has 116 valence electrons. The molecule has 0 aromatic carbocycles. The summed E-state index contributed by atoms with van der Waals surface area (Å²) in [6.07, 6.45) is 6.60. The minimum absolute atomic E-state index is 0.0108. The number of hydrogen-bond donors (Lipinski definition) is 0. The summed E-state index contributed by atoms with van der Waals surface area (Å²) in [5.74, 6) is -0.0108. The van der Waals surface area contributed by atoms with Gasteiger partial charge in [-0.2, -0.15) is 0 Å². The second-order valence-corrected chi connectivity index (χ2v) is 6.24. The van der Waals surface area contributed by atoms with Gasteiger partial charge >= 0.3 is 5.97 Å². The van der Waals surface area contributed by atoms with Crippen LogP contribution in [0.5, 0.6) is 0 Å². The van der Waals surface area contributed by atoms with Gasteiger partial charge < -0.3 is 9.64 Å². The molecule has 2 aliphatic rings. The van der Waals surface area contributed by atoms with Crippen molar-refractivity contribution in [3.05, 3.63) is 0 Å². The van der Waals surface area contributed by atoms with Crippen LogP contribution < -0.4 is 0 Å². The number of esters is 1. The number of rotatable bonds is 6. The van der Waals surface area contributed by atoms with E-state index in [1.165, 1.54) is 25.8 Å². The number of hydrogen-bond acceptors (Lipinski definition) is 4. The predicted octanol–water partition coefficient (Wildman–Crippen LogP) is 2.28. The summed E-state index contributed by atoms with van der Waals surface area (Å²) >= 11 is 0. The Morgan fingerprint density at radius 1 is 1.10 bits per heavy atom. The molecule has 0 atom stereocenters. The molecule has 0 aromatic rings. The molecule has 0 spiro atoms. The molecule has 2 aliphatic heterocycles. The van der Waals surface area contributed by atoms with Crippen molar-refractivity contribution in [1.82, 2.24) is 9.80 Å². The Morgan fingerprint density at radius 3 is 2.30 bits per heavy atom. The summed E-state index contributed by atoms with van der Waals surface area (Å²) in [7, 11) is 0. The van der Waals surface area contributed by atoms with Crippen molar-refractivity contribution in [3.63, 3.8) is 0 Å². The van der Waals surface area contributed by atoms with E-state index in [1.54, 1.807) is 0 Å². The first-order chi connectivity index (χ1) is 9.70. The van der Waals surface area contributed by atoms with Crippen LogP contribution in [0, 0.1) is 0 Å².